The van der Waals surface area contributed by atoms with Crippen LogP contribution < -0.4 is 4.72 Å². The second kappa shape index (κ2) is 4.73. The zero-order valence-corrected chi connectivity index (χ0v) is 9.53. The summed E-state index contributed by atoms with van der Waals surface area (Å²) in [5.41, 5.74) is 0. The first-order valence-electron chi connectivity index (χ1n) is 4.62. The molecule has 0 spiro atoms. The number of aliphatic hydroxyl groups excluding tert-OH is 1. The van der Waals surface area contributed by atoms with Gasteiger partial charge in [0.15, 0.2) is 0 Å². The summed E-state index contributed by atoms with van der Waals surface area (Å²) in [6, 6.07) is 0.117. The predicted molar refractivity (Wildman–Crippen MR) is 54.9 cm³/mol. The van der Waals surface area contributed by atoms with Gasteiger partial charge in [0.2, 0.25) is 10.0 Å². The molecule has 0 amide bonds. The molecular formula is C8H15N3O3S. The molecule has 0 saturated carbocycles. The lowest BCUT2D eigenvalue weighted by Gasteiger charge is -2.04. The van der Waals surface area contributed by atoms with Crippen LogP contribution in [-0.2, 0) is 10.0 Å². The monoisotopic (exact) mass is 233 g/mol. The average Bonchev–Trinajstić information content (AvgIpc) is 2.64. The number of aromatic nitrogens is 2. The number of hydrogen-bond donors (Lipinski definition) is 2. The topological polar surface area (TPSA) is 84.2 Å². The molecule has 0 unspecified atom stereocenters. The summed E-state index contributed by atoms with van der Waals surface area (Å²) >= 11 is 0. The van der Waals surface area contributed by atoms with E-state index in [1.807, 2.05) is 13.8 Å². The highest BCUT2D eigenvalue weighted by molar-refractivity contribution is 7.89. The summed E-state index contributed by atoms with van der Waals surface area (Å²) in [5.74, 6) is 0. The summed E-state index contributed by atoms with van der Waals surface area (Å²) in [6.07, 6.45) is 2.75. The minimum Gasteiger partial charge on any atom is -0.395 e. The Kier molecular flexibility index (Phi) is 3.83. The van der Waals surface area contributed by atoms with Crippen molar-refractivity contribution in [2.24, 2.45) is 0 Å². The number of rotatable bonds is 5. The SMILES string of the molecule is CC(C)n1cc(S(=O)(=O)NCCO)cn1. The molecule has 0 fully saturated rings. The number of nitrogens with zero attached hydrogens (tertiary/aromatic N) is 2. The summed E-state index contributed by atoms with van der Waals surface area (Å²) in [4.78, 5) is 0.115. The van der Waals surface area contributed by atoms with Gasteiger partial charge in [0.1, 0.15) is 4.90 Å². The molecule has 0 atom stereocenters. The number of hydrogen-bond acceptors (Lipinski definition) is 4. The highest BCUT2D eigenvalue weighted by atomic mass is 32.2. The van der Waals surface area contributed by atoms with Crippen LogP contribution in [0.2, 0.25) is 0 Å². The molecule has 1 aromatic rings. The van der Waals surface area contributed by atoms with Crippen molar-refractivity contribution in [3.8, 4) is 0 Å². The van der Waals surface area contributed by atoms with Crippen molar-refractivity contribution in [1.82, 2.24) is 14.5 Å². The largest absolute Gasteiger partial charge is 0.395 e. The van der Waals surface area contributed by atoms with E-state index in [0.29, 0.717) is 0 Å². The van der Waals surface area contributed by atoms with Gasteiger partial charge in [0.25, 0.3) is 0 Å². The summed E-state index contributed by atoms with van der Waals surface area (Å²) in [5, 5.41) is 12.4. The van der Waals surface area contributed by atoms with Crippen LogP contribution in [0.3, 0.4) is 0 Å². The number of nitrogens with one attached hydrogen (secondary N) is 1. The molecule has 1 aromatic heterocycles. The van der Waals surface area contributed by atoms with Gasteiger partial charge in [-0.3, -0.25) is 4.68 Å². The van der Waals surface area contributed by atoms with Crippen LogP contribution in [0, 0.1) is 0 Å². The van der Waals surface area contributed by atoms with Crippen LogP contribution >= 0.6 is 0 Å². The third-order valence-corrected chi connectivity index (χ3v) is 3.24. The maximum absolute atomic E-state index is 11.6. The zero-order valence-electron chi connectivity index (χ0n) is 8.71. The van der Waals surface area contributed by atoms with E-state index in [1.165, 1.54) is 12.4 Å². The lowest BCUT2D eigenvalue weighted by Crippen LogP contribution is -2.26. The van der Waals surface area contributed by atoms with Gasteiger partial charge in [0.05, 0.1) is 12.8 Å². The fourth-order valence-corrected chi connectivity index (χ4v) is 1.96. The Labute approximate surface area is 89.0 Å². The molecule has 0 saturated heterocycles. The molecule has 0 radical (unpaired) electrons. The smallest absolute Gasteiger partial charge is 0.243 e. The lowest BCUT2D eigenvalue weighted by atomic mass is 10.4. The zero-order chi connectivity index (χ0) is 11.5. The Balaban J connectivity index is 2.86. The predicted octanol–water partition coefficient (Wildman–Crippen LogP) is -0.265. The molecule has 2 N–H and O–H groups in total. The minimum atomic E-state index is -3.53. The Hall–Kier alpha value is -0.920. The van der Waals surface area contributed by atoms with Crippen molar-refractivity contribution in [1.29, 1.82) is 0 Å². The maximum atomic E-state index is 11.6. The van der Waals surface area contributed by atoms with Crippen LogP contribution in [0.25, 0.3) is 0 Å². The molecule has 0 aliphatic rings. The van der Waals surface area contributed by atoms with E-state index in [4.69, 9.17) is 5.11 Å². The lowest BCUT2D eigenvalue weighted by molar-refractivity contribution is 0.301. The Bertz CT molecular complexity index is 411. The van der Waals surface area contributed by atoms with Crippen molar-refractivity contribution < 1.29 is 13.5 Å². The molecule has 15 heavy (non-hydrogen) atoms. The van der Waals surface area contributed by atoms with E-state index in [2.05, 4.69) is 9.82 Å². The van der Waals surface area contributed by atoms with Crippen molar-refractivity contribution in [2.75, 3.05) is 13.2 Å². The van der Waals surface area contributed by atoms with Gasteiger partial charge in [0, 0.05) is 18.8 Å². The van der Waals surface area contributed by atoms with Gasteiger partial charge in [-0.05, 0) is 13.8 Å². The molecule has 6 nitrogen and oxygen atoms in total. The number of sulfonamides is 1. The average molecular weight is 233 g/mol. The second-order valence-corrected chi connectivity index (χ2v) is 5.14. The third-order valence-electron chi connectivity index (χ3n) is 1.82. The van der Waals surface area contributed by atoms with Crippen LogP contribution in [-0.4, -0.2) is 36.5 Å². The van der Waals surface area contributed by atoms with E-state index in [-0.39, 0.29) is 24.1 Å². The normalized spacial score (nSPS) is 12.3. The number of aliphatic hydroxyl groups is 1. The molecule has 1 heterocycles. The van der Waals surface area contributed by atoms with Gasteiger partial charge in [-0.15, -0.1) is 0 Å². The van der Waals surface area contributed by atoms with Gasteiger partial charge < -0.3 is 5.11 Å². The van der Waals surface area contributed by atoms with E-state index in [9.17, 15) is 8.42 Å². The molecule has 1 rings (SSSR count). The van der Waals surface area contributed by atoms with E-state index in [1.54, 1.807) is 4.68 Å². The van der Waals surface area contributed by atoms with Crippen molar-refractivity contribution in [3.63, 3.8) is 0 Å². The summed E-state index contributed by atoms with van der Waals surface area (Å²) < 4.78 is 26.9. The molecular weight excluding hydrogens is 218 g/mol. The van der Waals surface area contributed by atoms with Gasteiger partial charge in [-0.25, -0.2) is 13.1 Å². The highest BCUT2D eigenvalue weighted by Crippen LogP contribution is 2.10. The van der Waals surface area contributed by atoms with Crippen molar-refractivity contribution in [2.45, 2.75) is 24.8 Å². The van der Waals surface area contributed by atoms with Crippen molar-refractivity contribution in [3.05, 3.63) is 12.4 Å². The fraction of sp³-hybridized carbons (Fsp3) is 0.625. The fourth-order valence-electron chi connectivity index (χ4n) is 1.01. The molecule has 0 aliphatic heterocycles. The van der Waals surface area contributed by atoms with Crippen LogP contribution in [0.4, 0.5) is 0 Å². The quantitative estimate of drug-likeness (QED) is 0.733. The Morgan fingerprint density at radius 1 is 1.60 bits per heavy atom. The first-order chi connectivity index (χ1) is 6.97. The van der Waals surface area contributed by atoms with Crippen LogP contribution in [0.1, 0.15) is 19.9 Å². The Morgan fingerprint density at radius 3 is 2.73 bits per heavy atom. The highest BCUT2D eigenvalue weighted by Gasteiger charge is 2.16. The summed E-state index contributed by atoms with van der Waals surface area (Å²) in [6.45, 7) is 3.60. The van der Waals surface area contributed by atoms with Crippen molar-refractivity contribution >= 4 is 10.0 Å². The molecule has 0 aromatic carbocycles. The van der Waals surface area contributed by atoms with Gasteiger partial charge in [-0.1, -0.05) is 0 Å². The van der Waals surface area contributed by atoms with E-state index >= 15 is 0 Å². The molecule has 86 valence electrons. The van der Waals surface area contributed by atoms with Crippen LogP contribution in [0.15, 0.2) is 17.3 Å². The van der Waals surface area contributed by atoms with E-state index in [0.717, 1.165) is 0 Å². The molecule has 0 aliphatic carbocycles. The standard InChI is InChI=1S/C8H15N3O3S/c1-7(2)11-6-8(5-9-11)15(13,14)10-3-4-12/h5-7,10,12H,3-4H2,1-2H3. The first kappa shape index (κ1) is 12.2. The molecule has 7 heteroatoms. The van der Waals surface area contributed by atoms with Gasteiger partial charge >= 0.3 is 0 Å². The summed E-state index contributed by atoms with van der Waals surface area (Å²) in [7, 11) is -3.53. The maximum Gasteiger partial charge on any atom is 0.243 e. The van der Waals surface area contributed by atoms with Crippen LogP contribution in [0.5, 0.6) is 0 Å². The molecule has 0 bridgehead atoms. The third kappa shape index (κ3) is 3.01. The van der Waals surface area contributed by atoms with Gasteiger partial charge in [-0.2, -0.15) is 5.10 Å². The second-order valence-electron chi connectivity index (χ2n) is 3.37. The minimum absolute atomic E-state index is 0.00912. The first-order valence-corrected chi connectivity index (χ1v) is 6.10. The Morgan fingerprint density at radius 2 is 2.27 bits per heavy atom. The van der Waals surface area contributed by atoms with E-state index < -0.39 is 10.0 Å².